The van der Waals surface area contributed by atoms with E-state index in [0.29, 0.717) is 19.6 Å². The fraction of sp³-hybridized carbons (Fsp3) is 0.500. The lowest BCUT2D eigenvalue weighted by Crippen LogP contribution is -2.31. The van der Waals surface area contributed by atoms with E-state index in [1.807, 2.05) is 25.3 Å². The molecule has 20 heavy (non-hydrogen) atoms. The van der Waals surface area contributed by atoms with Crippen LogP contribution in [0, 0.1) is 0 Å². The van der Waals surface area contributed by atoms with E-state index in [0.717, 1.165) is 17.9 Å². The molecular weight excluding hydrogens is 278 g/mol. The highest BCUT2D eigenvalue weighted by atomic mass is 32.2. The number of nitrogens with zero attached hydrogens (tertiary/aromatic N) is 4. The molecule has 0 aliphatic heterocycles. The molecule has 0 fully saturated rings. The fourth-order valence-electron chi connectivity index (χ4n) is 1.94. The predicted molar refractivity (Wildman–Crippen MR) is 78.2 cm³/mol. The molecule has 2 rings (SSSR count). The van der Waals surface area contributed by atoms with Gasteiger partial charge >= 0.3 is 0 Å². The van der Waals surface area contributed by atoms with Crippen molar-refractivity contribution in [3.63, 3.8) is 0 Å². The largest absolute Gasteiger partial charge is 0.370 e. The van der Waals surface area contributed by atoms with Gasteiger partial charge in [-0.05, 0) is 12.5 Å². The van der Waals surface area contributed by atoms with Crippen molar-refractivity contribution in [3.05, 3.63) is 24.5 Å². The number of rotatable bonds is 7. The summed E-state index contributed by atoms with van der Waals surface area (Å²) >= 11 is 0. The highest BCUT2D eigenvalue weighted by Crippen LogP contribution is 2.06. The molecular formula is C12H19N5O2S. The van der Waals surface area contributed by atoms with Crippen molar-refractivity contribution < 1.29 is 8.42 Å². The molecule has 8 heteroatoms. The Hall–Kier alpha value is -1.67. The van der Waals surface area contributed by atoms with Crippen LogP contribution in [0.3, 0.4) is 0 Å². The van der Waals surface area contributed by atoms with Gasteiger partial charge in [-0.25, -0.2) is 22.2 Å². The lowest BCUT2D eigenvalue weighted by molar-refractivity contribution is 0.428. The van der Waals surface area contributed by atoms with Crippen molar-refractivity contribution in [2.75, 3.05) is 31.2 Å². The van der Waals surface area contributed by atoms with E-state index in [4.69, 9.17) is 0 Å². The first-order valence-corrected chi connectivity index (χ1v) is 8.35. The summed E-state index contributed by atoms with van der Waals surface area (Å²) < 4.78 is 26.0. The summed E-state index contributed by atoms with van der Waals surface area (Å²) in [6.07, 6.45) is 5.49. The molecule has 0 spiro atoms. The average Bonchev–Trinajstić information content (AvgIpc) is 2.84. The normalized spacial score (nSPS) is 12.2. The van der Waals surface area contributed by atoms with Crippen LogP contribution < -0.4 is 5.32 Å². The van der Waals surface area contributed by atoms with E-state index in [2.05, 4.69) is 15.4 Å². The SMILES string of the molecule is CCN(CCCNc1ccn2nccc2n1)S(C)(=O)=O. The predicted octanol–water partition coefficient (Wildman–Crippen LogP) is 0.813. The van der Waals surface area contributed by atoms with Crippen molar-refractivity contribution in [1.82, 2.24) is 18.9 Å². The van der Waals surface area contributed by atoms with Crippen LogP contribution in [-0.2, 0) is 10.0 Å². The Bertz CT molecular complexity index is 667. The van der Waals surface area contributed by atoms with Crippen molar-refractivity contribution in [1.29, 1.82) is 0 Å². The molecule has 2 heterocycles. The molecule has 1 N–H and O–H groups in total. The molecule has 2 aromatic rings. The van der Waals surface area contributed by atoms with E-state index in [-0.39, 0.29) is 0 Å². The van der Waals surface area contributed by atoms with Gasteiger partial charge in [-0.3, -0.25) is 0 Å². The van der Waals surface area contributed by atoms with Gasteiger partial charge in [0.2, 0.25) is 10.0 Å². The monoisotopic (exact) mass is 297 g/mol. The zero-order chi connectivity index (χ0) is 14.6. The zero-order valence-corrected chi connectivity index (χ0v) is 12.5. The minimum Gasteiger partial charge on any atom is -0.370 e. The van der Waals surface area contributed by atoms with Gasteiger partial charge in [-0.1, -0.05) is 6.92 Å². The Labute approximate surface area is 118 Å². The highest BCUT2D eigenvalue weighted by Gasteiger charge is 2.12. The first-order valence-electron chi connectivity index (χ1n) is 6.50. The summed E-state index contributed by atoms with van der Waals surface area (Å²) in [5, 5.41) is 7.25. The maximum atomic E-state index is 11.4. The van der Waals surface area contributed by atoms with Gasteiger partial charge in [0.15, 0.2) is 5.65 Å². The Kier molecular flexibility index (Phi) is 4.56. The molecule has 110 valence electrons. The van der Waals surface area contributed by atoms with E-state index >= 15 is 0 Å². The molecule has 0 unspecified atom stereocenters. The summed E-state index contributed by atoms with van der Waals surface area (Å²) in [7, 11) is -3.10. The second-order valence-corrected chi connectivity index (χ2v) is 6.46. The second-order valence-electron chi connectivity index (χ2n) is 4.48. The van der Waals surface area contributed by atoms with Gasteiger partial charge in [-0.15, -0.1) is 0 Å². The maximum absolute atomic E-state index is 11.4. The number of hydrogen-bond donors (Lipinski definition) is 1. The Morgan fingerprint density at radius 1 is 1.40 bits per heavy atom. The summed E-state index contributed by atoms with van der Waals surface area (Å²) in [6, 6.07) is 3.67. The first kappa shape index (κ1) is 14.7. The van der Waals surface area contributed by atoms with Crippen molar-refractivity contribution in [2.45, 2.75) is 13.3 Å². The quantitative estimate of drug-likeness (QED) is 0.765. The van der Waals surface area contributed by atoms with E-state index < -0.39 is 10.0 Å². The molecule has 0 radical (unpaired) electrons. The molecule has 0 bridgehead atoms. The van der Waals surface area contributed by atoms with Crippen LogP contribution >= 0.6 is 0 Å². The summed E-state index contributed by atoms with van der Waals surface area (Å²) in [5.74, 6) is 0.764. The topological polar surface area (TPSA) is 79.6 Å². The molecule has 0 aromatic carbocycles. The average molecular weight is 297 g/mol. The second kappa shape index (κ2) is 6.19. The maximum Gasteiger partial charge on any atom is 0.211 e. The van der Waals surface area contributed by atoms with Crippen LogP contribution in [0.25, 0.3) is 5.65 Å². The Balaban J connectivity index is 1.83. The van der Waals surface area contributed by atoms with Gasteiger partial charge in [-0.2, -0.15) is 5.10 Å². The number of hydrogen-bond acceptors (Lipinski definition) is 5. The molecule has 0 saturated carbocycles. The van der Waals surface area contributed by atoms with Crippen LogP contribution in [-0.4, -0.2) is 53.2 Å². The number of anilines is 1. The standard InChI is InChI=1S/C12H19N5O2S/c1-3-16(20(2,18)19)9-4-7-13-11-6-10-17-12(15-11)5-8-14-17/h5-6,8,10H,3-4,7,9H2,1-2H3,(H,13,15). The van der Waals surface area contributed by atoms with Crippen LogP contribution in [0.5, 0.6) is 0 Å². The summed E-state index contributed by atoms with van der Waals surface area (Å²) in [6.45, 7) is 3.52. The summed E-state index contributed by atoms with van der Waals surface area (Å²) in [4.78, 5) is 4.38. The number of fused-ring (bicyclic) bond motifs is 1. The van der Waals surface area contributed by atoms with Gasteiger partial charge in [0.25, 0.3) is 0 Å². The van der Waals surface area contributed by atoms with Gasteiger partial charge in [0.1, 0.15) is 5.82 Å². The van der Waals surface area contributed by atoms with Crippen LogP contribution in [0.15, 0.2) is 24.5 Å². The molecule has 0 saturated heterocycles. The third kappa shape index (κ3) is 3.67. The molecule has 0 aliphatic carbocycles. The summed E-state index contributed by atoms with van der Waals surface area (Å²) in [5.41, 5.74) is 0.779. The molecule has 7 nitrogen and oxygen atoms in total. The van der Waals surface area contributed by atoms with Crippen molar-refractivity contribution in [2.24, 2.45) is 0 Å². The Morgan fingerprint density at radius 3 is 2.90 bits per heavy atom. The van der Waals surface area contributed by atoms with E-state index in [1.54, 1.807) is 10.7 Å². The minimum absolute atomic E-state index is 0.499. The fourth-order valence-corrected chi connectivity index (χ4v) is 2.87. The number of nitrogens with one attached hydrogen (secondary N) is 1. The van der Waals surface area contributed by atoms with Crippen molar-refractivity contribution in [3.8, 4) is 0 Å². The lowest BCUT2D eigenvalue weighted by Gasteiger charge is -2.17. The smallest absolute Gasteiger partial charge is 0.211 e. The molecule has 2 aromatic heterocycles. The number of aromatic nitrogens is 3. The van der Waals surface area contributed by atoms with Gasteiger partial charge < -0.3 is 5.32 Å². The van der Waals surface area contributed by atoms with Crippen LogP contribution in [0.4, 0.5) is 5.82 Å². The third-order valence-corrected chi connectivity index (χ3v) is 4.35. The van der Waals surface area contributed by atoms with Crippen LogP contribution in [0.1, 0.15) is 13.3 Å². The van der Waals surface area contributed by atoms with Crippen LogP contribution in [0.2, 0.25) is 0 Å². The minimum atomic E-state index is -3.10. The number of sulfonamides is 1. The first-order chi connectivity index (χ1) is 9.50. The zero-order valence-electron chi connectivity index (χ0n) is 11.7. The van der Waals surface area contributed by atoms with Crippen molar-refractivity contribution >= 4 is 21.5 Å². The molecule has 0 aliphatic rings. The van der Waals surface area contributed by atoms with Gasteiger partial charge in [0.05, 0.1) is 12.5 Å². The molecule has 0 atom stereocenters. The van der Waals surface area contributed by atoms with E-state index in [1.165, 1.54) is 10.6 Å². The van der Waals surface area contributed by atoms with E-state index in [9.17, 15) is 8.42 Å². The lowest BCUT2D eigenvalue weighted by atomic mass is 10.4. The third-order valence-electron chi connectivity index (χ3n) is 2.97. The highest BCUT2D eigenvalue weighted by molar-refractivity contribution is 7.88. The van der Waals surface area contributed by atoms with Gasteiger partial charge in [0, 0.05) is 31.9 Å². The molecule has 0 amide bonds. The Morgan fingerprint density at radius 2 is 2.20 bits per heavy atom.